The van der Waals surface area contributed by atoms with E-state index in [9.17, 15) is 5.11 Å². The van der Waals surface area contributed by atoms with Gasteiger partial charge in [0.2, 0.25) is 0 Å². The van der Waals surface area contributed by atoms with Crippen molar-refractivity contribution in [2.24, 2.45) is 0 Å². The molecule has 25 heavy (non-hydrogen) atoms. The van der Waals surface area contributed by atoms with Crippen LogP contribution in [0.2, 0.25) is 0 Å². The minimum Gasteiger partial charge on any atom is -0.507 e. The fourth-order valence-electron chi connectivity index (χ4n) is 2.89. The first-order valence-electron chi connectivity index (χ1n) is 7.78. The van der Waals surface area contributed by atoms with E-state index in [2.05, 4.69) is 62.3 Å². The van der Waals surface area contributed by atoms with E-state index in [1.54, 1.807) is 23.0 Å². The van der Waals surface area contributed by atoms with Crippen LogP contribution in [-0.4, -0.2) is 24.7 Å². The van der Waals surface area contributed by atoms with Crippen LogP contribution in [0.5, 0.6) is 5.75 Å². The molecule has 3 N–H and O–H groups in total. The summed E-state index contributed by atoms with van der Waals surface area (Å²) in [7, 11) is 0. The van der Waals surface area contributed by atoms with Gasteiger partial charge in [0.1, 0.15) is 17.8 Å². The fourth-order valence-corrected chi connectivity index (χ4v) is 3.25. The summed E-state index contributed by atoms with van der Waals surface area (Å²) in [5.41, 5.74) is 4.51. The second kappa shape index (κ2) is 5.93. The highest BCUT2D eigenvalue weighted by molar-refractivity contribution is 9.10. The largest absolute Gasteiger partial charge is 0.507 e. The van der Waals surface area contributed by atoms with Crippen molar-refractivity contribution in [3.05, 3.63) is 58.3 Å². The van der Waals surface area contributed by atoms with Crippen molar-refractivity contribution >= 4 is 33.2 Å². The molecule has 7 heteroatoms. The van der Waals surface area contributed by atoms with Gasteiger partial charge in [-0.25, -0.2) is 14.5 Å². The molecule has 0 spiro atoms. The van der Waals surface area contributed by atoms with Gasteiger partial charge < -0.3 is 10.4 Å². The van der Waals surface area contributed by atoms with Crippen molar-refractivity contribution in [1.82, 2.24) is 19.6 Å². The molecule has 6 nitrogen and oxygen atoms in total. The number of aromatic hydroxyl groups is 1. The third kappa shape index (κ3) is 2.66. The van der Waals surface area contributed by atoms with Crippen molar-refractivity contribution in [2.75, 3.05) is 5.32 Å². The van der Waals surface area contributed by atoms with Crippen molar-refractivity contribution < 1.29 is 5.11 Å². The van der Waals surface area contributed by atoms with Crippen LogP contribution in [0.25, 0.3) is 17.0 Å². The number of aromatic nitrogens is 4. The number of aryl methyl sites for hydroxylation is 2. The zero-order valence-electron chi connectivity index (χ0n) is 13.7. The zero-order valence-corrected chi connectivity index (χ0v) is 15.3. The summed E-state index contributed by atoms with van der Waals surface area (Å²) >= 11 is 3.45. The first-order valence-corrected chi connectivity index (χ1v) is 8.58. The zero-order chi connectivity index (χ0) is 17.6. The molecular formula is C18H16BrN5O. The van der Waals surface area contributed by atoms with E-state index in [0.29, 0.717) is 17.0 Å². The molecule has 0 amide bonds. The number of aromatic amines is 1. The van der Waals surface area contributed by atoms with Crippen molar-refractivity contribution in [1.29, 1.82) is 0 Å². The minimum atomic E-state index is 0.161. The van der Waals surface area contributed by atoms with E-state index < -0.39 is 0 Å². The van der Waals surface area contributed by atoms with E-state index in [-0.39, 0.29) is 5.75 Å². The van der Waals surface area contributed by atoms with Crippen LogP contribution in [-0.2, 0) is 0 Å². The highest BCUT2D eigenvalue weighted by Gasteiger charge is 2.20. The molecule has 2 aromatic carbocycles. The lowest BCUT2D eigenvalue weighted by molar-refractivity contribution is 0.477. The number of fused-ring (bicyclic) bond motifs is 1. The number of para-hydroxylation sites is 1. The first-order chi connectivity index (χ1) is 12.0. The highest BCUT2D eigenvalue weighted by Crippen LogP contribution is 2.37. The Morgan fingerprint density at radius 1 is 1.16 bits per heavy atom. The number of H-pyrrole nitrogens is 1. The SMILES string of the molecule is Cc1cccc(C)c1Nc1c(-c2cc(Br)ccc2O)nc2nc[nH]n12. The molecule has 4 aromatic rings. The normalized spacial score (nSPS) is 11.2. The Kier molecular flexibility index (Phi) is 3.73. The van der Waals surface area contributed by atoms with Gasteiger partial charge >= 0.3 is 0 Å². The molecule has 0 unspecified atom stereocenters. The number of hydrogen-bond acceptors (Lipinski definition) is 4. The quantitative estimate of drug-likeness (QED) is 0.473. The monoisotopic (exact) mass is 397 g/mol. The van der Waals surface area contributed by atoms with Gasteiger partial charge in [0, 0.05) is 15.7 Å². The Bertz CT molecular complexity index is 1060. The number of anilines is 2. The maximum atomic E-state index is 10.3. The fraction of sp³-hybridized carbons (Fsp3) is 0.111. The number of hydrogen-bond donors (Lipinski definition) is 3. The number of nitrogens with zero attached hydrogens (tertiary/aromatic N) is 3. The molecule has 0 radical (unpaired) electrons. The van der Waals surface area contributed by atoms with Gasteiger partial charge in [0.05, 0.1) is 0 Å². The van der Waals surface area contributed by atoms with Crippen LogP contribution in [0.3, 0.4) is 0 Å². The standard InChI is InChI=1S/C18H16BrN5O/c1-10-4-3-5-11(2)15(10)22-17-16(23-18-20-9-21-24(17)18)13-8-12(19)6-7-14(13)25/h3-9,22,25H,1-2H3,(H,20,21,23). The second-order valence-corrected chi connectivity index (χ2v) is 6.80. The van der Waals surface area contributed by atoms with Gasteiger partial charge in [-0.1, -0.05) is 34.1 Å². The molecule has 0 aliphatic rings. The molecule has 2 aromatic heterocycles. The minimum absolute atomic E-state index is 0.161. The predicted octanol–water partition coefficient (Wildman–Crippen LogP) is 4.55. The summed E-state index contributed by atoms with van der Waals surface area (Å²) in [5.74, 6) is 1.41. The molecule has 126 valence electrons. The molecular weight excluding hydrogens is 382 g/mol. The van der Waals surface area contributed by atoms with Gasteiger partial charge in [-0.3, -0.25) is 5.10 Å². The summed E-state index contributed by atoms with van der Waals surface area (Å²) in [5, 5.41) is 16.8. The Hall–Kier alpha value is -2.80. The lowest BCUT2D eigenvalue weighted by atomic mass is 10.1. The van der Waals surface area contributed by atoms with E-state index in [1.807, 2.05) is 12.1 Å². The molecule has 0 saturated heterocycles. The maximum absolute atomic E-state index is 10.3. The smallest absolute Gasteiger partial charge is 0.252 e. The Morgan fingerprint density at radius 2 is 1.92 bits per heavy atom. The number of benzene rings is 2. The lowest BCUT2D eigenvalue weighted by Gasteiger charge is -2.13. The molecule has 0 bridgehead atoms. The summed E-state index contributed by atoms with van der Waals surface area (Å²) in [6.07, 6.45) is 1.59. The average molecular weight is 398 g/mol. The molecule has 0 atom stereocenters. The number of rotatable bonds is 3. The van der Waals surface area contributed by atoms with E-state index >= 15 is 0 Å². The average Bonchev–Trinajstić information content (AvgIpc) is 3.15. The van der Waals surface area contributed by atoms with Crippen LogP contribution < -0.4 is 5.32 Å². The number of nitrogens with one attached hydrogen (secondary N) is 2. The van der Waals surface area contributed by atoms with E-state index in [0.717, 1.165) is 27.1 Å². The van der Waals surface area contributed by atoms with Gasteiger partial charge in [-0.05, 0) is 43.2 Å². The van der Waals surface area contributed by atoms with Gasteiger partial charge in [0.15, 0.2) is 5.82 Å². The third-order valence-corrected chi connectivity index (χ3v) is 4.66. The second-order valence-electron chi connectivity index (χ2n) is 5.89. The van der Waals surface area contributed by atoms with Crippen LogP contribution >= 0.6 is 15.9 Å². The van der Waals surface area contributed by atoms with Crippen LogP contribution in [0, 0.1) is 13.8 Å². The highest BCUT2D eigenvalue weighted by atomic mass is 79.9. The van der Waals surface area contributed by atoms with Gasteiger partial charge in [-0.2, -0.15) is 0 Å². The third-order valence-electron chi connectivity index (χ3n) is 4.16. The summed E-state index contributed by atoms with van der Waals surface area (Å²) in [6.45, 7) is 4.10. The van der Waals surface area contributed by atoms with Crippen molar-refractivity contribution in [2.45, 2.75) is 13.8 Å². The van der Waals surface area contributed by atoms with Crippen LogP contribution in [0.4, 0.5) is 11.5 Å². The molecule has 2 heterocycles. The number of phenolic OH excluding ortho intramolecular Hbond substituents is 1. The summed E-state index contributed by atoms with van der Waals surface area (Å²) in [6, 6.07) is 11.4. The summed E-state index contributed by atoms with van der Waals surface area (Å²) < 4.78 is 2.63. The predicted molar refractivity (Wildman–Crippen MR) is 101 cm³/mol. The molecule has 0 fully saturated rings. The number of imidazole rings is 1. The maximum Gasteiger partial charge on any atom is 0.252 e. The number of phenols is 1. The van der Waals surface area contributed by atoms with Gasteiger partial charge in [-0.15, -0.1) is 0 Å². The summed E-state index contributed by atoms with van der Waals surface area (Å²) in [4.78, 5) is 8.80. The molecule has 4 rings (SSSR count). The number of halogens is 1. The Balaban J connectivity index is 1.94. The van der Waals surface area contributed by atoms with Crippen LogP contribution in [0.1, 0.15) is 11.1 Å². The topological polar surface area (TPSA) is 78.2 Å². The van der Waals surface area contributed by atoms with E-state index in [4.69, 9.17) is 0 Å². The first kappa shape index (κ1) is 15.7. The lowest BCUT2D eigenvalue weighted by Crippen LogP contribution is -2.01. The molecule has 0 aliphatic carbocycles. The van der Waals surface area contributed by atoms with Crippen molar-refractivity contribution in [3.8, 4) is 17.0 Å². The molecule has 0 saturated carbocycles. The Labute approximate surface area is 152 Å². The van der Waals surface area contributed by atoms with Gasteiger partial charge in [0.25, 0.3) is 5.78 Å². The Morgan fingerprint density at radius 3 is 2.68 bits per heavy atom. The van der Waals surface area contributed by atoms with E-state index in [1.165, 1.54) is 0 Å². The van der Waals surface area contributed by atoms with Crippen molar-refractivity contribution in [3.63, 3.8) is 0 Å². The van der Waals surface area contributed by atoms with Crippen LogP contribution in [0.15, 0.2) is 47.2 Å². The molecule has 0 aliphatic heterocycles.